The number of thioether (sulfide) groups is 1. The molecule has 0 radical (unpaired) electrons. The third-order valence-corrected chi connectivity index (χ3v) is 3.50. The molecule has 1 aromatic carbocycles. The Hall–Kier alpha value is -1.49. The van der Waals surface area contributed by atoms with Crippen molar-refractivity contribution in [2.75, 3.05) is 6.26 Å². The van der Waals surface area contributed by atoms with E-state index in [1.54, 1.807) is 23.9 Å². The van der Waals surface area contributed by atoms with Crippen LogP contribution in [0.1, 0.15) is 36.5 Å². The highest BCUT2D eigenvalue weighted by molar-refractivity contribution is 7.98. The van der Waals surface area contributed by atoms with Gasteiger partial charge in [-0.2, -0.15) is 0 Å². The Labute approximate surface area is 117 Å². The van der Waals surface area contributed by atoms with Gasteiger partial charge in [0, 0.05) is 22.9 Å². The van der Waals surface area contributed by atoms with Gasteiger partial charge >= 0.3 is 5.97 Å². The molecule has 0 aliphatic rings. The summed E-state index contributed by atoms with van der Waals surface area (Å²) < 4.78 is 0. The molecule has 1 amide bonds. The Morgan fingerprint density at radius 2 is 1.95 bits per heavy atom. The lowest BCUT2D eigenvalue weighted by molar-refractivity contribution is -0.137. The van der Waals surface area contributed by atoms with E-state index in [0.29, 0.717) is 18.4 Å². The van der Waals surface area contributed by atoms with Crippen LogP contribution in [0.5, 0.6) is 0 Å². The zero-order chi connectivity index (χ0) is 14.3. The zero-order valence-corrected chi connectivity index (χ0v) is 12.0. The number of carboxylic acid groups (broad SMARTS) is 1. The van der Waals surface area contributed by atoms with Crippen molar-refractivity contribution in [2.24, 2.45) is 0 Å². The molecule has 0 saturated heterocycles. The van der Waals surface area contributed by atoms with Crippen LogP contribution in [0, 0.1) is 0 Å². The molecule has 2 N–H and O–H groups in total. The van der Waals surface area contributed by atoms with Crippen LogP contribution in [-0.2, 0) is 4.79 Å². The van der Waals surface area contributed by atoms with Crippen molar-refractivity contribution in [2.45, 2.75) is 37.1 Å². The van der Waals surface area contributed by atoms with Gasteiger partial charge in [-0.15, -0.1) is 11.8 Å². The van der Waals surface area contributed by atoms with Crippen molar-refractivity contribution in [3.8, 4) is 0 Å². The highest BCUT2D eigenvalue weighted by Crippen LogP contribution is 2.15. The van der Waals surface area contributed by atoms with Crippen LogP contribution in [0.15, 0.2) is 29.2 Å². The van der Waals surface area contributed by atoms with E-state index < -0.39 is 5.97 Å². The summed E-state index contributed by atoms with van der Waals surface area (Å²) in [5.74, 6) is -0.915. The highest BCUT2D eigenvalue weighted by atomic mass is 32.2. The third-order valence-electron chi connectivity index (χ3n) is 2.76. The summed E-state index contributed by atoms with van der Waals surface area (Å²) in [7, 11) is 0. The Bertz CT molecular complexity index is 431. The number of carbonyl (C=O) groups is 2. The summed E-state index contributed by atoms with van der Waals surface area (Å²) in [6.07, 6.45) is 3.37. The predicted octanol–water partition coefficient (Wildman–Crippen LogP) is 2.78. The number of nitrogens with one attached hydrogen (secondary N) is 1. The second-order valence-corrected chi connectivity index (χ2v) is 5.27. The SMILES string of the molecule is CSc1ccc(C(=O)NC(C)CCCC(=O)O)cc1. The number of aliphatic carboxylic acids is 1. The topological polar surface area (TPSA) is 66.4 Å². The lowest BCUT2D eigenvalue weighted by Crippen LogP contribution is -2.32. The molecule has 1 unspecified atom stereocenters. The maximum atomic E-state index is 11.9. The molecule has 0 aliphatic heterocycles. The summed E-state index contributed by atoms with van der Waals surface area (Å²) >= 11 is 1.63. The number of hydrogen-bond acceptors (Lipinski definition) is 3. The number of rotatable bonds is 7. The lowest BCUT2D eigenvalue weighted by Gasteiger charge is -2.13. The molecule has 0 spiro atoms. The van der Waals surface area contributed by atoms with E-state index in [-0.39, 0.29) is 18.4 Å². The van der Waals surface area contributed by atoms with Crippen molar-refractivity contribution in [1.29, 1.82) is 0 Å². The van der Waals surface area contributed by atoms with Crippen molar-refractivity contribution < 1.29 is 14.7 Å². The number of benzene rings is 1. The molecular weight excluding hydrogens is 262 g/mol. The van der Waals surface area contributed by atoms with Crippen LogP contribution in [0.25, 0.3) is 0 Å². The molecule has 1 atom stereocenters. The van der Waals surface area contributed by atoms with Crippen molar-refractivity contribution >= 4 is 23.6 Å². The maximum Gasteiger partial charge on any atom is 0.303 e. The van der Waals surface area contributed by atoms with E-state index in [0.717, 1.165) is 4.90 Å². The molecule has 0 heterocycles. The number of carboxylic acids is 1. The van der Waals surface area contributed by atoms with E-state index in [4.69, 9.17) is 5.11 Å². The van der Waals surface area contributed by atoms with Crippen LogP contribution < -0.4 is 5.32 Å². The van der Waals surface area contributed by atoms with Crippen molar-refractivity contribution in [3.05, 3.63) is 29.8 Å². The third kappa shape index (κ3) is 5.79. The van der Waals surface area contributed by atoms with Gasteiger partial charge in [-0.05, 0) is 50.3 Å². The van der Waals surface area contributed by atoms with Gasteiger partial charge in [0.15, 0.2) is 0 Å². The first-order chi connectivity index (χ1) is 9.02. The first-order valence-electron chi connectivity index (χ1n) is 6.19. The van der Waals surface area contributed by atoms with Crippen LogP contribution in [0.4, 0.5) is 0 Å². The van der Waals surface area contributed by atoms with Gasteiger partial charge in [-0.1, -0.05) is 0 Å². The van der Waals surface area contributed by atoms with Crippen molar-refractivity contribution in [1.82, 2.24) is 5.32 Å². The van der Waals surface area contributed by atoms with E-state index >= 15 is 0 Å². The quantitative estimate of drug-likeness (QED) is 0.754. The number of hydrogen-bond donors (Lipinski definition) is 2. The first kappa shape index (κ1) is 15.6. The molecular formula is C14H19NO3S. The number of amides is 1. The molecule has 0 aromatic heterocycles. The summed E-state index contributed by atoms with van der Waals surface area (Å²) in [5.41, 5.74) is 0.628. The van der Waals surface area contributed by atoms with Gasteiger partial charge in [0.2, 0.25) is 0 Å². The Kier molecular flexibility index (Phi) is 6.42. The van der Waals surface area contributed by atoms with Gasteiger partial charge < -0.3 is 10.4 Å². The second-order valence-electron chi connectivity index (χ2n) is 4.39. The van der Waals surface area contributed by atoms with Gasteiger partial charge in [-0.3, -0.25) is 9.59 Å². The minimum Gasteiger partial charge on any atom is -0.481 e. The van der Waals surface area contributed by atoms with E-state index in [1.807, 2.05) is 25.3 Å². The van der Waals surface area contributed by atoms with Gasteiger partial charge in [0.1, 0.15) is 0 Å². The average molecular weight is 281 g/mol. The van der Waals surface area contributed by atoms with Crippen LogP contribution in [-0.4, -0.2) is 29.3 Å². The molecule has 1 aromatic rings. The monoisotopic (exact) mass is 281 g/mol. The summed E-state index contributed by atoms with van der Waals surface area (Å²) in [4.78, 5) is 23.4. The molecule has 0 aliphatic carbocycles. The van der Waals surface area contributed by atoms with Gasteiger partial charge in [-0.25, -0.2) is 0 Å². The first-order valence-corrected chi connectivity index (χ1v) is 7.42. The number of carbonyl (C=O) groups excluding carboxylic acids is 1. The van der Waals surface area contributed by atoms with E-state index in [9.17, 15) is 9.59 Å². The summed E-state index contributed by atoms with van der Waals surface area (Å²) in [6.45, 7) is 1.88. The van der Waals surface area contributed by atoms with Crippen molar-refractivity contribution in [3.63, 3.8) is 0 Å². The summed E-state index contributed by atoms with van der Waals surface area (Å²) in [5, 5.41) is 11.4. The van der Waals surface area contributed by atoms with E-state index in [1.165, 1.54) is 0 Å². The Balaban J connectivity index is 2.42. The Morgan fingerprint density at radius 3 is 2.47 bits per heavy atom. The smallest absolute Gasteiger partial charge is 0.303 e. The van der Waals surface area contributed by atoms with E-state index in [2.05, 4.69) is 5.32 Å². The van der Waals surface area contributed by atoms with Crippen LogP contribution >= 0.6 is 11.8 Å². The fourth-order valence-corrected chi connectivity index (χ4v) is 2.09. The Morgan fingerprint density at radius 1 is 1.32 bits per heavy atom. The largest absolute Gasteiger partial charge is 0.481 e. The van der Waals surface area contributed by atoms with Crippen LogP contribution in [0.2, 0.25) is 0 Å². The normalized spacial score (nSPS) is 11.9. The predicted molar refractivity (Wildman–Crippen MR) is 76.6 cm³/mol. The molecule has 0 saturated carbocycles. The fourth-order valence-electron chi connectivity index (χ4n) is 1.68. The fraction of sp³-hybridized carbons (Fsp3) is 0.429. The second kappa shape index (κ2) is 7.84. The molecule has 1 rings (SSSR count). The molecule has 5 heteroatoms. The molecule has 104 valence electrons. The minimum absolute atomic E-state index is 0.0212. The standard InChI is InChI=1S/C14H19NO3S/c1-10(4-3-5-13(16)17)15-14(18)11-6-8-12(19-2)9-7-11/h6-10H,3-5H2,1-2H3,(H,15,18)(H,16,17). The summed E-state index contributed by atoms with van der Waals surface area (Å²) in [6, 6.07) is 7.40. The average Bonchev–Trinajstić information content (AvgIpc) is 2.38. The highest BCUT2D eigenvalue weighted by Gasteiger charge is 2.10. The van der Waals surface area contributed by atoms with Crippen LogP contribution in [0.3, 0.4) is 0 Å². The maximum absolute atomic E-state index is 11.9. The van der Waals surface area contributed by atoms with Gasteiger partial charge in [0.25, 0.3) is 5.91 Å². The molecule has 4 nitrogen and oxygen atoms in total. The molecule has 0 fully saturated rings. The minimum atomic E-state index is -0.800. The zero-order valence-electron chi connectivity index (χ0n) is 11.2. The lowest BCUT2D eigenvalue weighted by atomic mass is 10.1. The molecule has 0 bridgehead atoms. The van der Waals surface area contributed by atoms with Gasteiger partial charge in [0.05, 0.1) is 0 Å². The molecule has 19 heavy (non-hydrogen) atoms.